The minimum Gasteiger partial charge on any atom is -0.444 e. The van der Waals surface area contributed by atoms with Gasteiger partial charge in [-0.3, -0.25) is 9.79 Å². The fourth-order valence-electron chi connectivity index (χ4n) is 3.37. The lowest BCUT2D eigenvalue weighted by Crippen LogP contribution is -2.42. The van der Waals surface area contributed by atoms with E-state index >= 15 is 0 Å². The van der Waals surface area contributed by atoms with Crippen molar-refractivity contribution in [1.82, 2.24) is 20.9 Å². The molecule has 0 unspecified atom stereocenters. The third-order valence-electron chi connectivity index (χ3n) is 4.93. The lowest BCUT2D eigenvalue weighted by atomic mass is 9.89. The molecule has 0 radical (unpaired) electrons. The summed E-state index contributed by atoms with van der Waals surface area (Å²) in [6, 6.07) is 9.80. The van der Waals surface area contributed by atoms with Crippen LogP contribution >= 0.6 is 0 Å². The van der Waals surface area contributed by atoms with Gasteiger partial charge in [-0.1, -0.05) is 37.5 Å². The van der Waals surface area contributed by atoms with Gasteiger partial charge in [-0.05, 0) is 25.0 Å². The number of aromatic nitrogens is 1. The van der Waals surface area contributed by atoms with Crippen LogP contribution in [0.2, 0.25) is 0 Å². The molecule has 150 valence electrons. The number of nitrogens with zero attached hydrogens (tertiary/aromatic N) is 2. The van der Waals surface area contributed by atoms with Crippen LogP contribution in [0.4, 0.5) is 0 Å². The highest BCUT2D eigenvalue weighted by atomic mass is 16.3. The van der Waals surface area contributed by atoms with Crippen molar-refractivity contribution < 1.29 is 9.21 Å². The van der Waals surface area contributed by atoms with Gasteiger partial charge in [0.2, 0.25) is 11.8 Å². The van der Waals surface area contributed by atoms with Crippen LogP contribution in [-0.2, 0) is 11.3 Å². The fourth-order valence-corrected chi connectivity index (χ4v) is 3.37. The van der Waals surface area contributed by atoms with Gasteiger partial charge >= 0.3 is 0 Å². The van der Waals surface area contributed by atoms with E-state index in [0.717, 1.165) is 24.1 Å². The number of aliphatic imine (C=N–C) groups is 1. The Morgan fingerprint density at radius 2 is 1.86 bits per heavy atom. The molecule has 1 saturated carbocycles. The number of guanidine groups is 1. The van der Waals surface area contributed by atoms with Gasteiger partial charge in [-0.25, -0.2) is 4.98 Å². The molecule has 7 nitrogen and oxygen atoms in total. The maximum absolute atomic E-state index is 12.1. The van der Waals surface area contributed by atoms with Crippen molar-refractivity contribution in [3.8, 4) is 11.5 Å². The normalized spacial score (nSPS) is 15.2. The van der Waals surface area contributed by atoms with Crippen LogP contribution in [0.15, 0.2) is 46.0 Å². The Balaban J connectivity index is 1.37. The molecule has 0 saturated heterocycles. The van der Waals surface area contributed by atoms with Crippen LogP contribution in [0.25, 0.3) is 11.5 Å². The number of oxazole rings is 1. The molecule has 1 aromatic heterocycles. The van der Waals surface area contributed by atoms with Crippen molar-refractivity contribution in [2.24, 2.45) is 10.9 Å². The highest BCUT2D eigenvalue weighted by Crippen LogP contribution is 2.23. The Bertz CT molecular complexity index is 766. The van der Waals surface area contributed by atoms with Crippen molar-refractivity contribution in [3.05, 3.63) is 42.3 Å². The van der Waals surface area contributed by atoms with Crippen LogP contribution in [0, 0.1) is 5.92 Å². The monoisotopic (exact) mass is 383 g/mol. The Morgan fingerprint density at radius 1 is 1.11 bits per heavy atom. The first kappa shape index (κ1) is 19.9. The van der Waals surface area contributed by atoms with E-state index in [-0.39, 0.29) is 11.8 Å². The molecule has 3 N–H and O–H groups in total. The Morgan fingerprint density at radius 3 is 2.61 bits per heavy atom. The number of carbonyl (C=O) groups excluding carboxylic acids is 1. The maximum Gasteiger partial charge on any atom is 0.226 e. The molecule has 1 heterocycles. The number of nitrogens with one attached hydrogen (secondary N) is 3. The minimum absolute atomic E-state index is 0.181. The zero-order valence-electron chi connectivity index (χ0n) is 16.4. The smallest absolute Gasteiger partial charge is 0.226 e. The van der Waals surface area contributed by atoms with Gasteiger partial charge < -0.3 is 20.4 Å². The number of rotatable bonds is 7. The molecular weight excluding hydrogens is 354 g/mol. The van der Waals surface area contributed by atoms with Crippen molar-refractivity contribution >= 4 is 11.9 Å². The summed E-state index contributed by atoms with van der Waals surface area (Å²) in [4.78, 5) is 20.8. The second-order valence-electron chi connectivity index (χ2n) is 6.99. The van der Waals surface area contributed by atoms with Crippen molar-refractivity contribution in [2.45, 2.75) is 38.6 Å². The van der Waals surface area contributed by atoms with Gasteiger partial charge in [0.25, 0.3) is 0 Å². The highest BCUT2D eigenvalue weighted by Gasteiger charge is 2.20. The van der Waals surface area contributed by atoms with Gasteiger partial charge in [-0.2, -0.15) is 0 Å². The molecular formula is C21H29N5O2. The van der Waals surface area contributed by atoms with Crippen LogP contribution < -0.4 is 16.0 Å². The third-order valence-corrected chi connectivity index (χ3v) is 4.93. The van der Waals surface area contributed by atoms with E-state index in [2.05, 4.69) is 25.9 Å². The molecule has 7 heteroatoms. The van der Waals surface area contributed by atoms with Crippen molar-refractivity contribution in [2.75, 3.05) is 20.1 Å². The molecule has 1 aliphatic carbocycles. The largest absolute Gasteiger partial charge is 0.444 e. The number of hydrogen-bond donors (Lipinski definition) is 3. The van der Waals surface area contributed by atoms with Crippen LogP contribution in [-0.4, -0.2) is 37.0 Å². The first-order chi connectivity index (χ1) is 13.8. The van der Waals surface area contributed by atoms with E-state index in [4.69, 9.17) is 4.42 Å². The van der Waals surface area contributed by atoms with E-state index in [1.54, 1.807) is 13.3 Å². The lowest BCUT2D eigenvalue weighted by molar-refractivity contribution is -0.125. The average molecular weight is 383 g/mol. The van der Waals surface area contributed by atoms with Gasteiger partial charge in [0.1, 0.15) is 6.26 Å². The summed E-state index contributed by atoms with van der Waals surface area (Å²) >= 11 is 0. The second-order valence-corrected chi connectivity index (χ2v) is 6.99. The molecule has 1 amide bonds. The average Bonchev–Trinajstić information content (AvgIpc) is 3.23. The molecule has 28 heavy (non-hydrogen) atoms. The summed E-state index contributed by atoms with van der Waals surface area (Å²) in [6.07, 6.45) is 7.27. The SMILES string of the molecule is CN=C(NCCNC(=O)C1CCCCC1)NCc1coc(-c2ccccc2)n1. The standard InChI is InChI=1S/C21H29N5O2/c1-22-21(24-13-12-23-19(27)16-8-4-2-5-9-16)25-14-18-15-28-20(26-18)17-10-6-3-7-11-17/h3,6-7,10-11,15-16H,2,4-5,8-9,12-14H2,1H3,(H,23,27)(H2,22,24,25). The summed E-state index contributed by atoms with van der Waals surface area (Å²) in [6.45, 7) is 1.70. The van der Waals surface area contributed by atoms with E-state index in [9.17, 15) is 4.79 Å². The Hall–Kier alpha value is -2.83. The number of carbonyl (C=O) groups is 1. The van der Waals surface area contributed by atoms with Gasteiger partial charge in [-0.15, -0.1) is 0 Å². The first-order valence-corrected chi connectivity index (χ1v) is 9.98. The topological polar surface area (TPSA) is 91.5 Å². The number of hydrogen-bond acceptors (Lipinski definition) is 4. The molecule has 1 aliphatic rings. The lowest BCUT2D eigenvalue weighted by Gasteiger charge is -2.20. The summed E-state index contributed by atoms with van der Waals surface area (Å²) in [5.74, 6) is 1.64. The van der Waals surface area contributed by atoms with E-state index in [1.165, 1.54) is 19.3 Å². The quantitative estimate of drug-likeness (QED) is 0.388. The zero-order chi connectivity index (χ0) is 19.6. The molecule has 3 rings (SSSR count). The van der Waals surface area contributed by atoms with Gasteiger partial charge in [0.05, 0.1) is 12.2 Å². The maximum atomic E-state index is 12.1. The van der Waals surface area contributed by atoms with Crippen molar-refractivity contribution in [1.29, 1.82) is 0 Å². The minimum atomic E-state index is 0.181. The Kier molecular flexibility index (Phi) is 7.46. The summed E-state index contributed by atoms with van der Waals surface area (Å²) < 4.78 is 5.54. The van der Waals surface area contributed by atoms with Gasteiger partial charge in [0.15, 0.2) is 5.96 Å². The molecule has 0 spiro atoms. The predicted molar refractivity (Wildman–Crippen MR) is 110 cm³/mol. The number of benzene rings is 1. The molecule has 0 atom stereocenters. The van der Waals surface area contributed by atoms with Gasteiger partial charge in [0, 0.05) is 31.6 Å². The molecule has 1 aromatic carbocycles. The third kappa shape index (κ3) is 5.84. The van der Waals surface area contributed by atoms with Crippen LogP contribution in [0.3, 0.4) is 0 Å². The molecule has 2 aromatic rings. The Labute approximate surface area is 166 Å². The molecule has 0 bridgehead atoms. The fraction of sp³-hybridized carbons (Fsp3) is 0.476. The summed E-state index contributed by atoms with van der Waals surface area (Å²) in [7, 11) is 1.72. The zero-order valence-corrected chi connectivity index (χ0v) is 16.4. The predicted octanol–water partition coefficient (Wildman–Crippen LogP) is 2.70. The molecule has 0 aliphatic heterocycles. The van der Waals surface area contributed by atoms with Crippen LogP contribution in [0.1, 0.15) is 37.8 Å². The second kappa shape index (κ2) is 10.5. The first-order valence-electron chi connectivity index (χ1n) is 9.98. The van der Waals surface area contributed by atoms with E-state index in [0.29, 0.717) is 31.5 Å². The number of amides is 1. The van der Waals surface area contributed by atoms with Crippen LogP contribution in [0.5, 0.6) is 0 Å². The van der Waals surface area contributed by atoms with E-state index in [1.807, 2.05) is 30.3 Å². The molecule has 1 fully saturated rings. The highest BCUT2D eigenvalue weighted by molar-refractivity contribution is 5.80. The van der Waals surface area contributed by atoms with E-state index < -0.39 is 0 Å². The van der Waals surface area contributed by atoms with Crippen molar-refractivity contribution in [3.63, 3.8) is 0 Å². The summed E-state index contributed by atoms with van der Waals surface area (Å²) in [5, 5.41) is 9.42. The summed E-state index contributed by atoms with van der Waals surface area (Å²) in [5.41, 5.74) is 1.75.